The number of benzene rings is 8. The van der Waals surface area contributed by atoms with Gasteiger partial charge in [-0.1, -0.05) is 66.7 Å². The fraction of sp³-hybridized carbons (Fsp3) is 0. The van der Waals surface area contributed by atoms with E-state index in [9.17, 15) is 0 Å². The lowest BCUT2D eigenvalue weighted by atomic mass is 10.0. The molecule has 0 fully saturated rings. The SMILES string of the molecule is c1ccc(N(c2ccc3c(c2)oc2cc4cc5c(cc4cc23)oc2ccccc25)c2ccc3c(c2)sc2cc4ccccc4cc23)cc1. The molecule has 0 aliphatic carbocycles. The molecule has 3 heterocycles. The Morgan fingerprint density at radius 2 is 0.896 bits per heavy atom. The van der Waals surface area contributed by atoms with Gasteiger partial charge in [0, 0.05) is 64.8 Å². The molecule has 11 rings (SSSR count). The zero-order valence-electron chi connectivity index (χ0n) is 25.6. The van der Waals surface area contributed by atoms with E-state index in [-0.39, 0.29) is 0 Å². The van der Waals surface area contributed by atoms with Crippen molar-refractivity contribution in [3.8, 4) is 0 Å². The van der Waals surface area contributed by atoms with E-state index in [1.165, 1.54) is 30.9 Å². The van der Waals surface area contributed by atoms with Gasteiger partial charge < -0.3 is 13.7 Å². The molecule has 11 aromatic rings. The van der Waals surface area contributed by atoms with E-state index < -0.39 is 0 Å². The number of furan rings is 2. The molecule has 0 amide bonds. The van der Waals surface area contributed by atoms with Crippen LogP contribution in [0.2, 0.25) is 0 Å². The number of anilines is 3. The molecule has 4 heteroatoms. The molecule has 0 aliphatic heterocycles. The third-order valence-electron chi connectivity index (χ3n) is 9.76. The van der Waals surface area contributed by atoms with Crippen LogP contribution in [0.25, 0.3) is 85.6 Å². The Balaban J connectivity index is 1.07. The molecule has 0 spiro atoms. The number of hydrogen-bond acceptors (Lipinski definition) is 4. The van der Waals surface area contributed by atoms with Crippen molar-refractivity contribution in [2.24, 2.45) is 0 Å². The van der Waals surface area contributed by atoms with Crippen LogP contribution in [0.1, 0.15) is 0 Å². The fourth-order valence-corrected chi connectivity index (χ4v) is 8.65. The Morgan fingerprint density at radius 3 is 1.69 bits per heavy atom. The number of para-hydroxylation sites is 2. The Labute approximate surface area is 278 Å². The van der Waals surface area contributed by atoms with E-state index in [1.54, 1.807) is 0 Å². The van der Waals surface area contributed by atoms with Crippen LogP contribution < -0.4 is 4.90 Å². The van der Waals surface area contributed by atoms with E-state index >= 15 is 0 Å². The second kappa shape index (κ2) is 9.71. The smallest absolute Gasteiger partial charge is 0.137 e. The molecule has 8 aromatic carbocycles. The molecule has 0 bridgehead atoms. The van der Waals surface area contributed by atoms with E-state index in [0.717, 1.165) is 71.7 Å². The Kier molecular flexibility index (Phi) is 5.26. The number of nitrogens with zero attached hydrogens (tertiary/aromatic N) is 1. The highest BCUT2D eigenvalue weighted by molar-refractivity contribution is 7.25. The van der Waals surface area contributed by atoms with E-state index in [4.69, 9.17) is 8.83 Å². The summed E-state index contributed by atoms with van der Waals surface area (Å²) in [5.41, 5.74) is 6.82. The van der Waals surface area contributed by atoms with Gasteiger partial charge in [0.15, 0.2) is 0 Å². The summed E-state index contributed by atoms with van der Waals surface area (Å²) < 4.78 is 15.4. The molecule has 224 valence electrons. The minimum Gasteiger partial charge on any atom is -0.456 e. The Bertz CT molecular complexity index is 3070. The molecule has 0 atom stereocenters. The van der Waals surface area contributed by atoms with Crippen LogP contribution >= 0.6 is 11.3 Å². The normalized spacial score (nSPS) is 12.2. The van der Waals surface area contributed by atoms with Crippen LogP contribution in [0.5, 0.6) is 0 Å². The van der Waals surface area contributed by atoms with Gasteiger partial charge >= 0.3 is 0 Å². The van der Waals surface area contributed by atoms with Crippen LogP contribution in [0.15, 0.2) is 160 Å². The molecule has 0 saturated carbocycles. The van der Waals surface area contributed by atoms with Gasteiger partial charge in [0.05, 0.1) is 0 Å². The van der Waals surface area contributed by atoms with Gasteiger partial charge in [-0.25, -0.2) is 0 Å². The van der Waals surface area contributed by atoms with Crippen LogP contribution in [0.4, 0.5) is 17.1 Å². The Hall–Kier alpha value is -6.10. The number of fused-ring (bicyclic) bond motifs is 11. The molecule has 0 unspecified atom stereocenters. The van der Waals surface area contributed by atoms with Crippen molar-refractivity contribution in [3.63, 3.8) is 0 Å². The first-order valence-electron chi connectivity index (χ1n) is 16.2. The maximum absolute atomic E-state index is 6.60. The van der Waals surface area contributed by atoms with Crippen molar-refractivity contribution < 1.29 is 8.83 Å². The van der Waals surface area contributed by atoms with Crippen LogP contribution in [0, 0.1) is 0 Å². The molecule has 3 aromatic heterocycles. The maximum atomic E-state index is 6.60. The van der Waals surface area contributed by atoms with Gasteiger partial charge in [-0.15, -0.1) is 11.3 Å². The monoisotopic (exact) mass is 631 g/mol. The predicted molar refractivity (Wildman–Crippen MR) is 204 cm³/mol. The minimum atomic E-state index is 0.863. The molecule has 3 nitrogen and oxygen atoms in total. The minimum absolute atomic E-state index is 0.863. The summed E-state index contributed by atoms with van der Waals surface area (Å²) >= 11 is 1.85. The van der Waals surface area contributed by atoms with E-state index in [0.29, 0.717) is 0 Å². The number of hydrogen-bond donors (Lipinski definition) is 0. The Morgan fingerprint density at radius 1 is 0.333 bits per heavy atom. The summed E-state index contributed by atoms with van der Waals surface area (Å²) in [5.74, 6) is 0. The van der Waals surface area contributed by atoms with Crippen LogP contribution in [0.3, 0.4) is 0 Å². The van der Waals surface area contributed by atoms with Gasteiger partial charge in [0.25, 0.3) is 0 Å². The van der Waals surface area contributed by atoms with E-state index in [2.05, 4.69) is 144 Å². The molecule has 48 heavy (non-hydrogen) atoms. The highest BCUT2D eigenvalue weighted by atomic mass is 32.1. The third kappa shape index (κ3) is 3.81. The second-order valence-corrected chi connectivity index (χ2v) is 13.7. The second-order valence-electron chi connectivity index (χ2n) is 12.6. The molecule has 0 N–H and O–H groups in total. The molecule has 0 radical (unpaired) electrons. The predicted octanol–water partition coefficient (Wildman–Crippen LogP) is 13.6. The zero-order chi connectivity index (χ0) is 31.3. The van der Waals surface area contributed by atoms with Crippen LogP contribution in [-0.2, 0) is 0 Å². The molecular weight excluding hydrogens is 607 g/mol. The number of rotatable bonds is 3. The summed E-state index contributed by atoms with van der Waals surface area (Å²) in [6.07, 6.45) is 0. The average molecular weight is 632 g/mol. The topological polar surface area (TPSA) is 29.5 Å². The van der Waals surface area contributed by atoms with Crippen molar-refractivity contribution >= 4 is 114 Å². The van der Waals surface area contributed by atoms with E-state index in [1.807, 2.05) is 23.5 Å². The summed E-state index contributed by atoms with van der Waals surface area (Å²) in [6.45, 7) is 0. The summed E-state index contributed by atoms with van der Waals surface area (Å²) in [6, 6.07) is 54.2. The molecule has 0 aliphatic rings. The van der Waals surface area contributed by atoms with Gasteiger partial charge in [0.1, 0.15) is 22.3 Å². The van der Waals surface area contributed by atoms with Crippen molar-refractivity contribution in [2.75, 3.05) is 4.90 Å². The summed E-state index contributed by atoms with van der Waals surface area (Å²) in [7, 11) is 0. The third-order valence-corrected chi connectivity index (χ3v) is 10.9. The van der Waals surface area contributed by atoms with Crippen molar-refractivity contribution in [3.05, 3.63) is 152 Å². The highest BCUT2D eigenvalue weighted by Crippen LogP contribution is 2.43. The first kappa shape index (κ1) is 26.0. The van der Waals surface area contributed by atoms with Gasteiger partial charge in [0.2, 0.25) is 0 Å². The lowest BCUT2D eigenvalue weighted by Crippen LogP contribution is -2.09. The van der Waals surface area contributed by atoms with Crippen molar-refractivity contribution in [1.29, 1.82) is 0 Å². The maximum Gasteiger partial charge on any atom is 0.137 e. The fourth-order valence-electron chi connectivity index (χ4n) is 7.48. The largest absolute Gasteiger partial charge is 0.456 e. The molecular formula is C44H25NO2S. The lowest BCUT2D eigenvalue weighted by Gasteiger charge is -2.25. The quantitative estimate of drug-likeness (QED) is 0.194. The number of thiophene rings is 1. The van der Waals surface area contributed by atoms with Gasteiger partial charge in [-0.05, 0) is 100 Å². The van der Waals surface area contributed by atoms with Gasteiger partial charge in [-0.2, -0.15) is 0 Å². The summed E-state index contributed by atoms with van der Waals surface area (Å²) in [5, 5.41) is 11.9. The van der Waals surface area contributed by atoms with Gasteiger partial charge in [-0.3, -0.25) is 0 Å². The average Bonchev–Trinajstić information content (AvgIpc) is 3.79. The zero-order valence-corrected chi connectivity index (χ0v) is 26.4. The first-order valence-corrected chi connectivity index (χ1v) is 17.0. The highest BCUT2D eigenvalue weighted by Gasteiger charge is 2.18. The van der Waals surface area contributed by atoms with Crippen molar-refractivity contribution in [1.82, 2.24) is 0 Å². The van der Waals surface area contributed by atoms with Crippen molar-refractivity contribution in [2.45, 2.75) is 0 Å². The first-order chi connectivity index (χ1) is 23.7. The lowest BCUT2D eigenvalue weighted by molar-refractivity contribution is 0.668. The van der Waals surface area contributed by atoms with Crippen LogP contribution in [-0.4, -0.2) is 0 Å². The summed E-state index contributed by atoms with van der Waals surface area (Å²) in [4.78, 5) is 2.32. The molecule has 0 saturated heterocycles. The standard InChI is InChI=1S/C44H25NO2S/c1-2-10-30(11-3-1)45(32-15-17-35-38-18-26-8-4-5-9-27(26)23-43(38)48-44(35)25-32)31-14-16-34-37-20-29-21-40-36(33-12-6-7-13-39(33)46-40)19-28(29)22-41(37)47-42(34)24-31/h1-25H.